The maximum atomic E-state index is 6.28. The van der Waals surface area contributed by atoms with Crippen molar-refractivity contribution in [3.8, 4) is 0 Å². The molecule has 3 fully saturated rings. The van der Waals surface area contributed by atoms with Crippen molar-refractivity contribution in [3.05, 3.63) is 0 Å². The number of likely N-dealkylation sites (tertiary alicyclic amines) is 1. The number of hydrogen-bond acceptors (Lipinski definition) is 2. The standard InChI is InChI=1S/C15H28N2/c16-14-9-13(8-12-6-7-12)10-17(11-14)15-4-2-1-3-5-15/h12-15H,1-11,16H2. The van der Waals surface area contributed by atoms with Gasteiger partial charge in [-0.25, -0.2) is 0 Å². The maximum Gasteiger partial charge on any atom is 0.0171 e. The first-order chi connectivity index (χ1) is 8.31. The van der Waals surface area contributed by atoms with E-state index in [2.05, 4.69) is 4.90 Å². The average molecular weight is 236 g/mol. The number of rotatable bonds is 3. The summed E-state index contributed by atoms with van der Waals surface area (Å²) in [5.41, 5.74) is 6.28. The Morgan fingerprint density at radius 3 is 2.35 bits per heavy atom. The molecule has 17 heavy (non-hydrogen) atoms. The summed E-state index contributed by atoms with van der Waals surface area (Å²) in [5, 5.41) is 0. The Morgan fingerprint density at radius 1 is 0.882 bits per heavy atom. The summed E-state index contributed by atoms with van der Waals surface area (Å²) in [6.45, 7) is 2.53. The van der Waals surface area contributed by atoms with E-state index in [9.17, 15) is 0 Å². The zero-order valence-corrected chi connectivity index (χ0v) is 11.1. The second kappa shape index (κ2) is 5.27. The first-order valence-electron chi connectivity index (χ1n) is 7.81. The third kappa shape index (κ3) is 3.23. The van der Waals surface area contributed by atoms with Gasteiger partial charge < -0.3 is 5.73 Å². The van der Waals surface area contributed by atoms with Crippen LogP contribution in [0.3, 0.4) is 0 Å². The van der Waals surface area contributed by atoms with E-state index >= 15 is 0 Å². The minimum absolute atomic E-state index is 0.453. The highest BCUT2D eigenvalue weighted by atomic mass is 15.2. The van der Waals surface area contributed by atoms with Gasteiger partial charge in [-0.15, -0.1) is 0 Å². The van der Waals surface area contributed by atoms with Gasteiger partial charge in [0.05, 0.1) is 0 Å². The predicted molar refractivity (Wildman–Crippen MR) is 71.9 cm³/mol. The highest BCUT2D eigenvalue weighted by molar-refractivity contribution is 4.89. The Kier molecular flexibility index (Phi) is 3.72. The lowest BCUT2D eigenvalue weighted by molar-refractivity contribution is 0.0822. The van der Waals surface area contributed by atoms with Crippen LogP contribution < -0.4 is 5.73 Å². The van der Waals surface area contributed by atoms with E-state index in [1.807, 2.05) is 0 Å². The molecule has 0 aromatic heterocycles. The summed E-state index contributed by atoms with van der Waals surface area (Å²) in [4.78, 5) is 2.75. The van der Waals surface area contributed by atoms with Crippen molar-refractivity contribution in [3.63, 3.8) is 0 Å². The smallest absolute Gasteiger partial charge is 0.0171 e. The summed E-state index contributed by atoms with van der Waals surface area (Å²) in [6.07, 6.45) is 13.0. The van der Waals surface area contributed by atoms with Crippen LogP contribution in [0.25, 0.3) is 0 Å². The molecule has 0 amide bonds. The topological polar surface area (TPSA) is 29.3 Å². The normalized spacial score (nSPS) is 37.2. The van der Waals surface area contributed by atoms with Crippen LogP contribution in [0.1, 0.15) is 57.8 Å². The first kappa shape index (κ1) is 12.0. The van der Waals surface area contributed by atoms with Crippen molar-refractivity contribution in [1.82, 2.24) is 4.90 Å². The largest absolute Gasteiger partial charge is 0.327 e. The first-order valence-corrected chi connectivity index (χ1v) is 7.81. The molecule has 2 unspecified atom stereocenters. The summed E-state index contributed by atoms with van der Waals surface area (Å²) in [5.74, 6) is 1.98. The highest BCUT2D eigenvalue weighted by Crippen LogP contribution is 2.38. The third-order valence-corrected chi connectivity index (χ3v) is 5.05. The van der Waals surface area contributed by atoms with Gasteiger partial charge in [-0.3, -0.25) is 4.90 Å². The second-order valence-corrected chi connectivity index (χ2v) is 6.79. The van der Waals surface area contributed by atoms with Gasteiger partial charge in [0.25, 0.3) is 0 Å². The molecule has 0 aromatic rings. The van der Waals surface area contributed by atoms with Crippen molar-refractivity contribution in [2.75, 3.05) is 13.1 Å². The fourth-order valence-corrected chi connectivity index (χ4v) is 4.02. The Morgan fingerprint density at radius 2 is 1.65 bits per heavy atom. The fraction of sp³-hybridized carbons (Fsp3) is 1.00. The third-order valence-electron chi connectivity index (χ3n) is 5.05. The van der Waals surface area contributed by atoms with Crippen LogP contribution >= 0.6 is 0 Å². The van der Waals surface area contributed by atoms with E-state index in [0.717, 1.165) is 17.9 Å². The highest BCUT2D eigenvalue weighted by Gasteiger charge is 2.33. The van der Waals surface area contributed by atoms with E-state index < -0.39 is 0 Å². The molecule has 0 radical (unpaired) electrons. The molecule has 0 aromatic carbocycles. The quantitative estimate of drug-likeness (QED) is 0.816. The van der Waals surface area contributed by atoms with Crippen LogP contribution in [-0.4, -0.2) is 30.1 Å². The lowest BCUT2D eigenvalue weighted by atomic mass is 9.86. The maximum absolute atomic E-state index is 6.28. The molecule has 1 heterocycles. The number of piperidine rings is 1. The van der Waals surface area contributed by atoms with Crippen LogP contribution in [0.2, 0.25) is 0 Å². The van der Waals surface area contributed by atoms with Gasteiger partial charge in [0, 0.05) is 25.2 Å². The van der Waals surface area contributed by atoms with Gasteiger partial charge in [0.1, 0.15) is 0 Å². The molecule has 2 aliphatic carbocycles. The van der Waals surface area contributed by atoms with Crippen molar-refractivity contribution in [2.24, 2.45) is 17.6 Å². The Bertz CT molecular complexity index is 241. The molecule has 2 saturated carbocycles. The van der Waals surface area contributed by atoms with Crippen molar-refractivity contribution in [2.45, 2.75) is 69.9 Å². The van der Waals surface area contributed by atoms with Crippen LogP contribution in [0.15, 0.2) is 0 Å². The number of hydrogen-bond donors (Lipinski definition) is 1. The van der Waals surface area contributed by atoms with Crippen LogP contribution in [0.4, 0.5) is 0 Å². The molecule has 0 spiro atoms. The zero-order chi connectivity index (χ0) is 11.7. The molecular weight excluding hydrogens is 208 g/mol. The van der Waals surface area contributed by atoms with Crippen molar-refractivity contribution >= 4 is 0 Å². The van der Waals surface area contributed by atoms with Gasteiger partial charge in [-0.05, 0) is 37.5 Å². The van der Waals surface area contributed by atoms with Crippen LogP contribution in [0, 0.1) is 11.8 Å². The molecule has 2 atom stereocenters. The molecule has 1 saturated heterocycles. The van der Waals surface area contributed by atoms with Crippen LogP contribution in [0.5, 0.6) is 0 Å². The van der Waals surface area contributed by atoms with Gasteiger partial charge in [-0.1, -0.05) is 32.1 Å². The molecule has 98 valence electrons. The van der Waals surface area contributed by atoms with Crippen LogP contribution in [-0.2, 0) is 0 Å². The molecule has 3 rings (SSSR count). The number of nitrogens with two attached hydrogens (primary N) is 1. The van der Waals surface area contributed by atoms with Gasteiger partial charge in [0.15, 0.2) is 0 Å². The number of nitrogens with zero attached hydrogens (tertiary/aromatic N) is 1. The molecule has 0 bridgehead atoms. The van der Waals surface area contributed by atoms with E-state index in [1.165, 1.54) is 70.9 Å². The summed E-state index contributed by atoms with van der Waals surface area (Å²) >= 11 is 0. The van der Waals surface area contributed by atoms with Crippen molar-refractivity contribution < 1.29 is 0 Å². The Hall–Kier alpha value is -0.0800. The van der Waals surface area contributed by atoms with Crippen molar-refractivity contribution in [1.29, 1.82) is 0 Å². The van der Waals surface area contributed by atoms with Gasteiger partial charge >= 0.3 is 0 Å². The van der Waals surface area contributed by atoms with E-state index in [4.69, 9.17) is 5.73 Å². The molecular formula is C15H28N2. The van der Waals surface area contributed by atoms with Gasteiger partial charge in [0.2, 0.25) is 0 Å². The average Bonchev–Trinajstić information content (AvgIpc) is 3.13. The van der Waals surface area contributed by atoms with E-state index in [1.54, 1.807) is 0 Å². The lowest BCUT2D eigenvalue weighted by Gasteiger charge is -2.42. The minimum Gasteiger partial charge on any atom is -0.327 e. The molecule has 3 aliphatic rings. The minimum atomic E-state index is 0.453. The molecule has 2 nitrogen and oxygen atoms in total. The molecule has 2 heteroatoms. The Balaban J connectivity index is 1.55. The Labute approximate surface area is 106 Å². The van der Waals surface area contributed by atoms with Gasteiger partial charge in [-0.2, -0.15) is 0 Å². The summed E-state index contributed by atoms with van der Waals surface area (Å²) in [7, 11) is 0. The SMILES string of the molecule is NC1CC(CC2CC2)CN(C2CCCCC2)C1. The predicted octanol–water partition coefficient (Wildman–Crippen LogP) is 2.77. The fourth-order valence-electron chi connectivity index (χ4n) is 4.02. The van der Waals surface area contributed by atoms with E-state index in [0.29, 0.717) is 6.04 Å². The zero-order valence-electron chi connectivity index (χ0n) is 11.1. The molecule has 1 aliphatic heterocycles. The van der Waals surface area contributed by atoms with E-state index in [-0.39, 0.29) is 0 Å². The lowest BCUT2D eigenvalue weighted by Crippen LogP contribution is -2.51. The monoisotopic (exact) mass is 236 g/mol. The summed E-state index contributed by atoms with van der Waals surface area (Å²) < 4.78 is 0. The summed E-state index contributed by atoms with van der Waals surface area (Å²) in [6, 6.07) is 1.33. The molecule has 2 N–H and O–H groups in total. The second-order valence-electron chi connectivity index (χ2n) is 6.79.